The lowest BCUT2D eigenvalue weighted by atomic mass is 10.2. The van der Waals surface area contributed by atoms with Gasteiger partial charge in [-0.15, -0.1) is 5.10 Å². The normalized spacial score (nSPS) is 14.4. The molecular weight excluding hydrogens is 420 g/mol. The minimum Gasteiger partial charge on any atom is -0.325 e. The van der Waals surface area contributed by atoms with E-state index in [1.807, 2.05) is 4.68 Å². The molecule has 138 valence electrons. The summed E-state index contributed by atoms with van der Waals surface area (Å²) in [5.74, 6) is -0.215. The first-order chi connectivity index (χ1) is 12.5. The summed E-state index contributed by atoms with van der Waals surface area (Å²) in [5.41, 5.74) is 1.09. The summed E-state index contributed by atoms with van der Waals surface area (Å²) in [6.45, 7) is 1.42. The first-order valence-electron chi connectivity index (χ1n) is 8.30. The molecule has 2 N–H and O–H groups in total. The average molecular weight is 439 g/mol. The fourth-order valence-corrected chi connectivity index (χ4v) is 4.00. The zero-order valence-corrected chi connectivity index (χ0v) is 16.6. The molecule has 1 heterocycles. The van der Waals surface area contributed by atoms with Crippen LogP contribution in [0.4, 0.5) is 11.4 Å². The summed E-state index contributed by atoms with van der Waals surface area (Å²) in [7, 11) is 0. The molecule has 1 saturated carbocycles. The van der Waals surface area contributed by atoms with E-state index in [-0.39, 0.29) is 17.6 Å². The van der Waals surface area contributed by atoms with Crippen LogP contribution < -0.4 is 10.6 Å². The lowest BCUT2D eigenvalue weighted by molar-refractivity contribution is -0.115. The highest BCUT2D eigenvalue weighted by molar-refractivity contribution is 9.10. The van der Waals surface area contributed by atoms with Crippen molar-refractivity contribution in [3.8, 4) is 0 Å². The Morgan fingerprint density at radius 1 is 1.27 bits per heavy atom. The highest BCUT2D eigenvalue weighted by Gasteiger charge is 2.22. The molecule has 0 spiro atoms. The van der Waals surface area contributed by atoms with Crippen molar-refractivity contribution >= 4 is 50.9 Å². The van der Waals surface area contributed by atoms with Gasteiger partial charge in [0.1, 0.15) is 0 Å². The minimum absolute atomic E-state index is 0.180. The van der Waals surface area contributed by atoms with Gasteiger partial charge in [-0.1, -0.05) is 40.5 Å². The first kappa shape index (κ1) is 18.8. The van der Waals surface area contributed by atoms with Crippen LogP contribution in [0.3, 0.4) is 0 Å². The highest BCUT2D eigenvalue weighted by atomic mass is 79.9. The predicted molar refractivity (Wildman–Crippen MR) is 103 cm³/mol. The zero-order chi connectivity index (χ0) is 18.5. The first-order valence-corrected chi connectivity index (χ1v) is 10.1. The van der Waals surface area contributed by atoms with Crippen molar-refractivity contribution in [2.45, 2.75) is 43.8 Å². The summed E-state index contributed by atoms with van der Waals surface area (Å²) < 4.78 is 2.63. The minimum atomic E-state index is -0.201. The molecule has 0 saturated heterocycles. The smallest absolute Gasteiger partial charge is 0.234 e. The Morgan fingerprint density at radius 2 is 2.04 bits per heavy atom. The topological polar surface area (TPSA) is 102 Å². The molecule has 2 amide bonds. The summed E-state index contributed by atoms with van der Waals surface area (Å²) >= 11 is 4.68. The molecule has 0 atom stereocenters. The highest BCUT2D eigenvalue weighted by Crippen LogP contribution is 2.31. The van der Waals surface area contributed by atoms with E-state index in [0.29, 0.717) is 22.6 Å². The van der Waals surface area contributed by atoms with Crippen molar-refractivity contribution in [2.75, 3.05) is 16.4 Å². The third-order valence-corrected chi connectivity index (χ3v) is 5.46. The van der Waals surface area contributed by atoms with Crippen LogP contribution in [0.25, 0.3) is 0 Å². The number of carbonyl (C=O) groups excluding carboxylic acids is 2. The van der Waals surface area contributed by atoms with E-state index in [2.05, 4.69) is 42.1 Å². The number of nitrogens with zero attached hydrogens (tertiary/aromatic N) is 4. The standard InChI is InChI=1S/C16H19BrN6O2S/c1-10(24)18-13-7-6-11(17)8-14(13)19-15(25)9-26-16-20-21-22-23(16)12-4-2-3-5-12/h6-8,12H,2-5,9H2,1H3,(H,18,24)(H,19,25). The van der Waals surface area contributed by atoms with Crippen LogP contribution in [-0.4, -0.2) is 37.8 Å². The van der Waals surface area contributed by atoms with Crippen molar-refractivity contribution in [3.05, 3.63) is 22.7 Å². The third-order valence-electron chi connectivity index (χ3n) is 4.03. The quantitative estimate of drug-likeness (QED) is 0.671. The number of carbonyl (C=O) groups is 2. The number of amides is 2. The lowest BCUT2D eigenvalue weighted by Gasteiger charge is -2.13. The largest absolute Gasteiger partial charge is 0.325 e. The van der Waals surface area contributed by atoms with Crippen molar-refractivity contribution in [1.29, 1.82) is 0 Å². The molecule has 1 aliphatic carbocycles. The third kappa shape index (κ3) is 4.82. The monoisotopic (exact) mass is 438 g/mol. The second kappa shape index (κ2) is 8.63. The summed E-state index contributed by atoms with van der Waals surface area (Å²) in [6.07, 6.45) is 4.51. The molecule has 1 fully saturated rings. The van der Waals surface area contributed by atoms with Crippen molar-refractivity contribution < 1.29 is 9.59 Å². The molecular formula is C16H19BrN6O2S. The van der Waals surface area contributed by atoms with Crippen molar-refractivity contribution in [1.82, 2.24) is 20.2 Å². The second-order valence-electron chi connectivity index (χ2n) is 6.05. The second-order valence-corrected chi connectivity index (χ2v) is 7.91. The maximum atomic E-state index is 12.4. The van der Waals surface area contributed by atoms with Gasteiger partial charge in [-0.05, 0) is 41.5 Å². The Hall–Kier alpha value is -1.94. The average Bonchev–Trinajstić information content (AvgIpc) is 3.25. The molecule has 0 aliphatic heterocycles. The Kier molecular flexibility index (Phi) is 6.25. The van der Waals surface area contributed by atoms with Crippen LogP contribution in [0.1, 0.15) is 38.6 Å². The van der Waals surface area contributed by atoms with Gasteiger partial charge in [0, 0.05) is 11.4 Å². The lowest BCUT2D eigenvalue weighted by Crippen LogP contribution is -2.17. The van der Waals surface area contributed by atoms with Gasteiger partial charge < -0.3 is 10.6 Å². The molecule has 0 unspecified atom stereocenters. The number of halogens is 1. The Balaban J connectivity index is 1.62. The Morgan fingerprint density at radius 3 is 2.77 bits per heavy atom. The molecule has 1 aliphatic rings. The van der Waals surface area contributed by atoms with E-state index in [1.54, 1.807) is 18.2 Å². The van der Waals surface area contributed by atoms with Crippen LogP contribution in [-0.2, 0) is 9.59 Å². The number of hydrogen-bond acceptors (Lipinski definition) is 6. The molecule has 1 aromatic heterocycles. The maximum absolute atomic E-state index is 12.4. The van der Waals surface area contributed by atoms with Gasteiger partial charge in [0.25, 0.3) is 0 Å². The van der Waals surface area contributed by atoms with E-state index in [0.717, 1.165) is 17.3 Å². The number of rotatable bonds is 6. The fraction of sp³-hybridized carbons (Fsp3) is 0.438. The predicted octanol–water partition coefficient (Wildman–Crippen LogP) is 3.24. The molecule has 0 bridgehead atoms. The van der Waals surface area contributed by atoms with Gasteiger partial charge in [0.15, 0.2) is 0 Å². The SMILES string of the molecule is CC(=O)Nc1ccc(Br)cc1NC(=O)CSc1nnnn1C1CCCC1. The summed E-state index contributed by atoms with van der Waals surface area (Å²) in [5, 5.41) is 18.0. The van der Waals surface area contributed by atoms with Crippen LogP contribution in [0.2, 0.25) is 0 Å². The van der Waals surface area contributed by atoms with E-state index < -0.39 is 0 Å². The number of benzene rings is 1. The van der Waals surface area contributed by atoms with Crippen LogP contribution in [0, 0.1) is 0 Å². The van der Waals surface area contributed by atoms with Gasteiger partial charge >= 0.3 is 0 Å². The Bertz CT molecular complexity index is 806. The van der Waals surface area contributed by atoms with Crippen LogP contribution >= 0.6 is 27.7 Å². The number of tetrazole rings is 1. The van der Waals surface area contributed by atoms with E-state index in [1.165, 1.54) is 31.5 Å². The Labute approximate surface area is 163 Å². The van der Waals surface area contributed by atoms with Crippen LogP contribution in [0.5, 0.6) is 0 Å². The number of thioether (sulfide) groups is 1. The van der Waals surface area contributed by atoms with Crippen molar-refractivity contribution in [2.24, 2.45) is 0 Å². The molecule has 3 rings (SSSR count). The van der Waals surface area contributed by atoms with E-state index in [4.69, 9.17) is 0 Å². The summed E-state index contributed by atoms with van der Waals surface area (Å²) in [4.78, 5) is 23.7. The maximum Gasteiger partial charge on any atom is 0.234 e. The van der Waals surface area contributed by atoms with E-state index in [9.17, 15) is 9.59 Å². The number of aromatic nitrogens is 4. The molecule has 8 nitrogen and oxygen atoms in total. The van der Waals surface area contributed by atoms with Gasteiger partial charge in [-0.3, -0.25) is 9.59 Å². The van der Waals surface area contributed by atoms with Gasteiger partial charge in [-0.25, -0.2) is 4.68 Å². The molecule has 0 radical (unpaired) electrons. The molecule has 10 heteroatoms. The number of nitrogens with one attached hydrogen (secondary N) is 2. The van der Waals surface area contributed by atoms with Gasteiger partial charge in [-0.2, -0.15) is 0 Å². The number of hydrogen-bond donors (Lipinski definition) is 2. The molecule has 1 aromatic carbocycles. The van der Waals surface area contributed by atoms with Gasteiger partial charge in [0.05, 0.1) is 23.2 Å². The zero-order valence-electron chi connectivity index (χ0n) is 14.2. The molecule has 26 heavy (non-hydrogen) atoms. The van der Waals surface area contributed by atoms with Crippen molar-refractivity contribution in [3.63, 3.8) is 0 Å². The van der Waals surface area contributed by atoms with Crippen LogP contribution in [0.15, 0.2) is 27.8 Å². The number of anilines is 2. The van der Waals surface area contributed by atoms with Gasteiger partial charge in [0.2, 0.25) is 17.0 Å². The molecule has 2 aromatic rings. The van der Waals surface area contributed by atoms with E-state index >= 15 is 0 Å². The fourth-order valence-electron chi connectivity index (χ4n) is 2.89. The summed E-state index contributed by atoms with van der Waals surface area (Å²) in [6, 6.07) is 5.60.